The van der Waals surface area contributed by atoms with Crippen LogP contribution in [0.2, 0.25) is 0 Å². The molecule has 0 saturated carbocycles. The molecule has 0 aliphatic rings. The van der Waals surface area contributed by atoms with E-state index in [2.05, 4.69) is 66.2 Å². The third kappa shape index (κ3) is 2.93. The summed E-state index contributed by atoms with van der Waals surface area (Å²) in [6.07, 6.45) is 1.08. The maximum atomic E-state index is 4.61. The highest BCUT2D eigenvalue weighted by Crippen LogP contribution is 2.27. The van der Waals surface area contributed by atoms with Gasteiger partial charge in [0.15, 0.2) is 0 Å². The number of likely N-dealkylation sites (N-methyl/N-ethyl adjacent to an activating group) is 1. The maximum Gasteiger partial charge on any atom is 0.0688 e. The fraction of sp³-hybridized carbons (Fsp3) is 0.471. The molecule has 0 amide bonds. The Morgan fingerprint density at radius 1 is 1.20 bits per heavy atom. The predicted octanol–water partition coefficient (Wildman–Crippen LogP) is 3.58. The van der Waals surface area contributed by atoms with Crippen molar-refractivity contribution >= 4 is 0 Å². The van der Waals surface area contributed by atoms with Gasteiger partial charge in [-0.05, 0) is 51.4 Å². The first-order valence-corrected chi connectivity index (χ1v) is 7.35. The second kappa shape index (κ2) is 6.23. The van der Waals surface area contributed by atoms with Crippen molar-refractivity contribution in [2.45, 2.75) is 46.2 Å². The molecule has 0 aliphatic carbocycles. The number of nitrogens with one attached hydrogen (secondary N) is 1. The fourth-order valence-corrected chi connectivity index (χ4v) is 2.85. The smallest absolute Gasteiger partial charge is 0.0688 e. The van der Waals surface area contributed by atoms with Crippen LogP contribution in [0.3, 0.4) is 0 Å². The van der Waals surface area contributed by atoms with E-state index >= 15 is 0 Å². The summed E-state index contributed by atoms with van der Waals surface area (Å²) in [4.78, 5) is 0. The van der Waals surface area contributed by atoms with Crippen LogP contribution in [-0.2, 0) is 6.42 Å². The molecule has 3 nitrogen and oxygen atoms in total. The summed E-state index contributed by atoms with van der Waals surface area (Å²) in [6.45, 7) is 8.56. The topological polar surface area (TPSA) is 29.9 Å². The van der Waals surface area contributed by atoms with Crippen molar-refractivity contribution in [3.63, 3.8) is 0 Å². The lowest BCUT2D eigenvalue weighted by Gasteiger charge is -2.25. The highest BCUT2D eigenvalue weighted by atomic mass is 15.3. The van der Waals surface area contributed by atoms with Crippen molar-refractivity contribution in [1.29, 1.82) is 0 Å². The molecule has 2 aromatic rings. The highest BCUT2D eigenvalue weighted by Gasteiger charge is 2.21. The molecule has 1 heterocycles. The first-order chi connectivity index (χ1) is 9.56. The second-order valence-corrected chi connectivity index (χ2v) is 5.47. The van der Waals surface area contributed by atoms with E-state index in [-0.39, 0.29) is 12.1 Å². The van der Waals surface area contributed by atoms with Crippen LogP contribution in [0, 0.1) is 13.8 Å². The van der Waals surface area contributed by atoms with Crippen LogP contribution in [0.15, 0.2) is 30.3 Å². The molecule has 0 radical (unpaired) electrons. The molecular formula is C17H25N3. The minimum atomic E-state index is 0.263. The Labute approximate surface area is 122 Å². The SMILES string of the molecule is CCc1ccc(C(NC)C(C)n2nc(C)cc2C)cc1. The van der Waals surface area contributed by atoms with Gasteiger partial charge in [0.1, 0.15) is 0 Å². The van der Waals surface area contributed by atoms with Gasteiger partial charge in [0.05, 0.1) is 17.8 Å². The van der Waals surface area contributed by atoms with Gasteiger partial charge in [-0.2, -0.15) is 5.10 Å². The van der Waals surface area contributed by atoms with E-state index in [0.29, 0.717) is 0 Å². The van der Waals surface area contributed by atoms with E-state index in [9.17, 15) is 0 Å². The Hall–Kier alpha value is -1.61. The molecule has 108 valence electrons. The van der Waals surface area contributed by atoms with Crippen LogP contribution < -0.4 is 5.32 Å². The highest BCUT2D eigenvalue weighted by molar-refractivity contribution is 5.26. The van der Waals surface area contributed by atoms with Gasteiger partial charge in [-0.1, -0.05) is 31.2 Å². The summed E-state index contributed by atoms with van der Waals surface area (Å²) in [6, 6.07) is 11.6. The number of aromatic nitrogens is 2. The zero-order valence-corrected chi connectivity index (χ0v) is 13.1. The van der Waals surface area contributed by atoms with Gasteiger partial charge < -0.3 is 5.32 Å². The summed E-state index contributed by atoms with van der Waals surface area (Å²) < 4.78 is 2.12. The quantitative estimate of drug-likeness (QED) is 0.900. The first kappa shape index (κ1) is 14.8. The molecule has 2 atom stereocenters. The standard InChI is InChI=1S/C17H25N3/c1-6-15-7-9-16(10-8-15)17(18-5)14(4)20-13(3)11-12(2)19-20/h7-11,14,17-18H,6H2,1-5H3. The van der Waals surface area contributed by atoms with Crippen LogP contribution in [-0.4, -0.2) is 16.8 Å². The zero-order chi connectivity index (χ0) is 14.7. The van der Waals surface area contributed by atoms with Crippen LogP contribution in [0.4, 0.5) is 0 Å². The zero-order valence-electron chi connectivity index (χ0n) is 13.1. The lowest BCUT2D eigenvalue weighted by Crippen LogP contribution is -2.27. The van der Waals surface area contributed by atoms with Gasteiger partial charge in [0, 0.05) is 5.69 Å². The van der Waals surface area contributed by atoms with Gasteiger partial charge in [-0.25, -0.2) is 0 Å². The molecule has 0 saturated heterocycles. The number of aryl methyl sites for hydroxylation is 3. The molecule has 0 spiro atoms. The van der Waals surface area contributed by atoms with E-state index in [1.54, 1.807) is 0 Å². The molecule has 0 bridgehead atoms. The molecule has 0 fully saturated rings. The van der Waals surface area contributed by atoms with Gasteiger partial charge in [-0.3, -0.25) is 4.68 Å². The lowest BCUT2D eigenvalue weighted by atomic mass is 9.98. The number of hydrogen-bond acceptors (Lipinski definition) is 2. The van der Waals surface area contributed by atoms with E-state index in [4.69, 9.17) is 0 Å². The summed E-state index contributed by atoms with van der Waals surface area (Å²) in [7, 11) is 2.01. The van der Waals surface area contributed by atoms with Gasteiger partial charge in [0.25, 0.3) is 0 Å². The molecule has 1 aromatic heterocycles. The third-order valence-corrected chi connectivity index (χ3v) is 3.97. The van der Waals surface area contributed by atoms with E-state index in [1.807, 2.05) is 14.0 Å². The number of rotatable bonds is 5. The summed E-state index contributed by atoms with van der Waals surface area (Å²) >= 11 is 0. The predicted molar refractivity (Wildman–Crippen MR) is 84.0 cm³/mol. The molecule has 2 unspecified atom stereocenters. The Morgan fingerprint density at radius 3 is 2.30 bits per heavy atom. The van der Waals surface area contributed by atoms with Crippen LogP contribution >= 0.6 is 0 Å². The Morgan fingerprint density at radius 2 is 1.85 bits per heavy atom. The fourth-order valence-electron chi connectivity index (χ4n) is 2.85. The largest absolute Gasteiger partial charge is 0.311 e. The molecule has 0 aliphatic heterocycles. The normalized spacial score (nSPS) is 14.2. The third-order valence-electron chi connectivity index (χ3n) is 3.97. The average Bonchev–Trinajstić information content (AvgIpc) is 2.79. The van der Waals surface area contributed by atoms with Crippen LogP contribution in [0.25, 0.3) is 0 Å². The van der Waals surface area contributed by atoms with Crippen molar-refractivity contribution in [2.24, 2.45) is 0 Å². The van der Waals surface area contributed by atoms with Crippen molar-refractivity contribution < 1.29 is 0 Å². The van der Waals surface area contributed by atoms with E-state index < -0.39 is 0 Å². The summed E-state index contributed by atoms with van der Waals surface area (Å²) in [5, 5.41) is 8.04. The molecule has 3 heteroatoms. The summed E-state index contributed by atoms with van der Waals surface area (Å²) in [5.74, 6) is 0. The van der Waals surface area contributed by atoms with E-state index in [0.717, 1.165) is 12.1 Å². The summed E-state index contributed by atoms with van der Waals surface area (Å²) in [5.41, 5.74) is 4.97. The minimum Gasteiger partial charge on any atom is -0.311 e. The Bertz CT molecular complexity index is 554. The second-order valence-electron chi connectivity index (χ2n) is 5.47. The van der Waals surface area contributed by atoms with Crippen LogP contribution in [0.1, 0.15) is 48.4 Å². The molecule has 1 N–H and O–H groups in total. The van der Waals surface area contributed by atoms with E-state index in [1.165, 1.54) is 16.8 Å². The number of hydrogen-bond donors (Lipinski definition) is 1. The van der Waals surface area contributed by atoms with Crippen molar-refractivity contribution in [3.05, 3.63) is 52.8 Å². The maximum absolute atomic E-state index is 4.61. The number of nitrogens with zero attached hydrogens (tertiary/aromatic N) is 2. The molecular weight excluding hydrogens is 246 g/mol. The van der Waals surface area contributed by atoms with Crippen molar-refractivity contribution in [3.8, 4) is 0 Å². The Balaban J connectivity index is 2.28. The molecule has 1 aromatic carbocycles. The first-order valence-electron chi connectivity index (χ1n) is 7.35. The van der Waals surface area contributed by atoms with Crippen molar-refractivity contribution in [1.82, 2.24) is 15.1 Å². The molecule has 2 rings (SSSR count). The monoisotopic (exact) mass is 271 g/mol. The van der Waals surface area contributed by atoms with Gasteiger partial charge >= 0.3 is 0 Å². The molecule has 20 heavy (non-hydrogen) atoms. The van der Waals surface area contributed by atoms with Crippen LogP contribution in [0.5, 0.6) is 0 Å². The lowest BCUT2D eigenvalue weighted by molar-refractivity contribution is 0.365. The Kier molecular flexibility index (Phi) is 4.61. The average molecular weight is 271 g/mol. The minimum absolute atomic E-state index is 0.263. The van der Waals surface area contributed by atoms with Gasteiger partial charge in [0.2, 0.25) is 0 Å². The van der Waals surface area contributed by atoms with Crippen molar-refractivity contribution in [2.75, 3.05) is 7.05 Å². The number of benzene rings is 1. The van der Waals surface area contributed by atoms with Gasteiger partial charge in [-0.15, -0.1) is 0 Å².